The van der Waals surface area contributed by atoms with Crippen LogP contribution in [0.4, 0.5) is 5.95 Å². The monoisotopic (exact) mass is 235 g/mol. The van der Waals surface area contributed by atoms with E-state index in [0.29, 0.717) is 17.3 Å². The Morgan fingerprint density at radius 1 is 1.56 bits per heavy atom. The smallest absolute Gasteiger partial charge is 0.220 e. The van der Waals surface area contributed by atoms with E-state index in [1.807, 2.05) is 6.07 Å². The number of hydrogen-bond donors (Lipinski definition) is 2. The number of H-pyrrole nitrogens is 1. The Labute approximate surface area is 98.3 Å². The van der Waals surface area contributed by atoms with Crippen molar-refractivity contribution in [3.05, 3.63) is 34.4 Å². The van der Waals surface area contributed by atoms with Crippen LogP contribution in [0.2, 0.25) is 0 Å². The number of aryl methyl sites for hydroxylation is 1. The summed E-state index contributed by atoms with van der Waals surface area (Å²) in [6.45, 7) is 2.66. The molecule has 0 amide bonds. The van der Waals surface area contributed by atoms with E-state index in [-0.39, 0.29) is 0 Å². The van der Waals surface area contributed by atoms with Crippen LogP contribution in [-0.4, -0.2) is 19.7 Å². The van der Waals surface area contributed by atoms with Crippen LogP contribution in [0.1, 0.15) is 18.2 Å². The van der Waals surface area contributed by atoms with Crippen molar-refractivity contribution in [1.29, 1.82) is 0 Å². The van der Waals surface area contributed by atoms with Crippen LogP contribution >= 0.6 is 12.2 Å². The Kier molecular flexibility index (Phi) is 3.00. The molecule has 0 saturated heterocycles. The number of anilines is 1. The number of nitrogens with two attached hydrogens (primary N) is 1. The van der Waals surface area contributed by atoms with Crippen LogP contribution < -0.4 is 5.73 Å². The second-order valence-electron chi connectivity index (χ2n) is 3.44. The van der Waals surface area contributed by atoms with Gasteiger partial charge >= 0.3 is 0 Å². The molecule has 2 aromatic heterocycles. The zero-order chi connectivity index (χ0) is 11.5. The number of nitrogen functional groups attached to an aromatic ring is 1. The largest absolute Gasteiger partial charge is 0.368 e. The molecule has 0 aliphatic carbocycles. The molecular weight excluding hydrogens is 222 g/mol. The summed E-state index contributed by atoms with van der Waals surface area (Å²) in [5.41, 5.74) is 7.89. The minimum Gasteiger partial charge on any atom is -0.368 e. The third-order valence-corrected chi connectivity index (χ3v) is 2.77. The standard InChI is InChI=1S/C10H13N5S/c1-2-7-4-3-5-12-8(7)6-15-9(11)13-14-10(15)16/h3-5H,2,6H2,1H3,(H2,11,13)(H,14,16). The van der Waals surface area contributed by atoms with Crippen LogP contribution in [-0.2, 0) is 13.0 Å². The molecule has 16 heavy (non-hydrogen) atoms. The maximum atomic E-state index is 5.71. The topological polar surface area (TPSA) is 72.5 Å². The number of nitrogens with one attached hydrogen (secondary N) is 1. The van der Waals surface area contributed by atoms with Gasteiger partial charge in [-0.25, -0.2) is 5.10 Å². The van der Waals surface area contributed by atoms with Crippen molar-refractivity contribution in [1.82, 2.24) is 19.7 Å². The molecule has 0 atom stereocenters. The molecular formula is C10H13N5S. The van der Waals surface area contributed by atoms with E-state index in [4.69, 9.17) is 18.0 Å². The highest BCUT2D eigenvalue weighted by Gasteiger charge is 2.06. The van der Waals surface area contributed by atoms with E-state index in [1.165, 1.54) is 5.56 Å². The van der Waals surface area contributed by atoms with Gasteiger partial charge in [-0.15, -0.1) is 5.10 Å². The van der Waals surface area contributed by atoms with Crippen molar-refractivity contribution < 1.29 is 0 Å². The molecule has 5 nitrogen and oxygen atoms in total. The summed E-state index contributed by atoms with van der Waals surface area (Å²) in [7, 11) is 0. The SMILES string of the molecule is CCc1cccnc1Cn1c(N)n[nH]c1=S. The number of pyridine rings is 1. The fraction of sp³-hybridized carbons (Fsp3) is 0.300. The third-order valence-electron chi connectivity index (χ3n) is 2.46. The van der Waals surface area contributed by atoms with Crippen molar-refractivity contribution in [2.45, 2.75) is 19.9 Å². The first kappa shape index (κ1) is 10.8. The van der Waals surface area contributed by atoms with Crippen molar-refractivity contribution in [3.63, 3.8) is 0 Å². The first-order chi connectivity index (χ1) is 7.72. The lowest BCUT2D eigenvalue weighted by atomic mass is 10.1. The van der Waals surface area contributed by atoms with Crippen molar-refractivity contribution in [2.75, 3.05) is 5.73 Å². The van der Waals surface area contributed by atoms with Gasteiger partial charge < -0.3 is 5.73 Å². The fourth-order valence-corrected chi connectivity index (χ4v) is 1.77. The molecule has 0 fully saturated rings. The normalized spacial score (nSPS) is 10.6. The van der Waals surface area contributed by atoms with Gasteiger partial charge in [0.05, 0.1) is 12.2 Å². The highest BCUT2D eigenvalue weighted by Crippen LogP contribution is 2.10. The Morgan fingerprint density at radius 3 is 3.00 bits per heavy atom. The fourth-order valence-electron chi connectivity index (χ4n) is 1.57. The summed E-state index contributed by atoms with van der Waals surface area (Å²) in [5.74, 6) is 0.387. The Morgan fingerprint density at radius 2 is 2.38 bits per heavy atom. The first-order valence-corrected chi connectivity index (χ1v) is 5.46. The molecule has 0 unspecified atom stereocenters. The predicted octanol–water partition coefficient (Wildman–Crippen LogP) is 1.53. The molecule has 0 aliphatic heterocycles. The summed E-state index contributed by atoms with van der Waals surface area (Å²) in [6.07, 6.45) is 2.71. The lowest BCUT2D eigenvalue weighted by Gasteiger charge is -2.07. The minimum absolute atomic E-state index is 0.387. The van der Waals surface area contributed by atoms with Crippen molar-refractivity contribution in [3.8, 4) is 0 Å². The molecule has 2 heterocycles. The molecule has 0 aromatic carbocycles. The average molecular weight is 235 g/mol. The van der Waals surface area contributed by atoms with Gasteiger partial charge in [0.1, 0.15) is 0 Å². The van der Waals surface area contributed by atoms with Gasteiger partial charge in [-0.3, -0.25) is 9.55 Å². The maximum Gasteiger partial charge on any atom is 0.220 e. The quantitative estimate of drug-likeness (QED) is 0.791. The third kappa shape index (κ3) is 1.96. The second kappa shape index (κ2) is 4.44. The summed E-state index contributed by atoms with van der Waals surface area (Å²) < 4.78 is 2.25. The van der Waals surface area contributed by atoms with E-state index in [1.54, 1.807) is 10.8 Å². The highest BCUT2D eigenvalue weighted by molar-refractivity contribution is 7.71. The van der Waals surface area contributed by atoms with E-state index >= 15 is 0 Å². The Hall–Kier alpha value is -1.69. The lowest BCUT2D eigenvalue weighted by molar-refractivity contribution is 0.758. The van der Waals surface area contributed by atoms with Gasteiger partial charge in [-0.1, -0.05) is 13.0 Å². The van der Waals surface area contributed by atoms with E-state index in [9.17, 15) is 0 Å². The average Bonchev–Trinajstić information content (AvgIpc) is 2.61. The molecule has 0 spiro atoms. The maximum absolute atomic E-state index is 5.71. The van der Waals surface area contributed by atoms with Crippen LogP contribution in [0.15, 0.2) is 18.3 Å². The summed E-state index contributed by atoms with van der Waals surface area (Å²) in [6, 6.07) is 3.99. The van der Waals surface area contributed by atoms with E-state index in [0.717, 1.165) is 12.1 Å². The van der Waals surface area contributed by atoms with Gasteiger partial charge in [0.2, 0.25) is 5.95 Å². The second-order valence-corrected chi connectivity index (χ2v) is 3.82. The zero-order valence-corrected chi connectivity index (χ0v) is 9.79. The molecule has 0 radical (unpaired) electrons. The first-order valence-electron chi connectivity index (χ1n) is 5.05. The van der Waals surface area contributed by atoms with E-state index in [2.05, 4.69) is 28.2 Å². The summed E-state index contributed by atoms with van der Waals surface area (Å²) in [5, 5.41) is 6.52. The van der Waals surface area contributed by atoms with Crippen molar-refractivity contribution in [2.24, 2.45) is 0 Å². The van der Waals surface area contributed by atoms with Gasteiger partial charge in [-0.05, 0) is 30.3 Å². The summed E-state index contributed by atoms with van der Waals surface area (Å²) in [4.78, 5) is 4.34. The van der Waals surface area contributed by atoms with Crippen LogP contribution in [0, 0.1) is 4.77 Å². The Bertz CT molecular complexity index is 542. The van der Waals surface area contributed by atoms with Crippen LogP contribution in [0.5, 0.6) is 0 Å². The number of aromatic nitrogens is 4. The Balaban J connectivity index is 2.37. The van der Waals surface area contributed by atoms with Crippen LogP contribution in [0.3, 0.4) is 0 Å². The molecule has 84 valence electrons. The lowest BCUT2D eigenvalue weighted by Crippen LogP contribution is -2.08. The number of rotatable bonds is 3. The molecule has 0 aliphatic rings. The van der Waals surface area contributed by atoms with Gasteiger partial charge in [0.25, 0.3) is 0 Å². The minimum atomic E-state index is 0.387. The highest BCUT2D eigenvalue weighted by atomic mass is 32.1. The van der Waals surface area contributed by atoms with Crippen molar-refractivity contribution >= 4 is 18.2 Å². The van der Waals surface area contributed by atoms with Gasteiger partial charge in [0.15, 0.2) is 4.77 Å². The van der Waals surface area contributed by atoms with E-state index < -0.39 is 0 Å². The molecule has 0 bridgehead atoms. The van der Waals surface area contributed by atoms with Gasteiger partial charge in [0, 0.05) is 6.20 Å². The molecule has 3 N–H and O–H groups in total. The van der Waals surface area contributed by atoms with Gasteiger partial charge in [-0.2, -0.15) is 0 Å². The zero-order valence-electron chi connectivity index (χ0n) is 8.97. The predicted molar refractivity (Wildman–Crippen MR) is 64.5 cm³/mol. The number of hydrogen-bond acceptors (Lipinski definition) is 4. The molecule has 2 aromatic rings. The van der Waals surface area contributed by atoms with Crippen LogP contribution in [0.25, 0.3) is 0 Å². The summed E-state index contributed by atoms with van der Waals surface area (Å²) >= 11 is 5.09. The molecule has 0 saturated carbocycles. The number of aromatic amines is 1. The molecule has 6 heteroatoms. The molecule has 2 rings (SSSR count). The number of nitrogens with zero attached hydrogens (tertiary/aromatic N) is 3.